The number of aliphatic hydroxyl groups excluding tert-OH is 1. The van der Waals surface area contributed by atoms with Crippen molar-refractivity contribution in [3.05, 3.63) is 65.7 Å². The number of methoxy groups -OCH3 is 1. The Balaban J connectivity index is 2.48. The summed E-state index contributed by atoms with van der Waals surface area (Å²) in [6, 6.07) is 16.2. The monoisotopic (exact) mass is 272 g/mol. The van der Waals surface area contributed by atoms with Crippen molar-refractivity contribution < 1.29 is 19.7 Å². The number of rotatable bonds is 5. The Morgan fingerprint density at radius 3 is 2.30 bits per heavy atom. The zero-order valence-electron chi connectivity index (χ0n) is 11.1. The van der Waals surface area contributed by atoms with Gasteiger partial charge in [-0.3, -0.25) is 0 Å². The van der Waals surface area contributed by atoms with Gasteiger partial charge in [-0.25, -0.2) is 4.79 Å². The van der Waals surface area contributed by atoms with E-state index in [9.17, 15) is 9.90 Å². The van der Waals surface area contributed by atoms with Crippen molar-refractivity contribution in [2.45, 2.75) is 12.0 Å². The Hall–Kier alpha value is -2.33. The van der Waals surface area contributed by atoms with Crippen LogP contribution in [0.4, 0.5) is 0 Å². The van der Waals surface area contributed by atoms with E-state index in [-0.39, 0.29) is 0 Å². The van der Waals surface area contributed by atoms with Gasteiger partial charge in [0, 0.05) is 5.92 Å². The van der Waals surface area contributed by atoms with Gasteiger partial charge in [-0.15, -0.1) is 0 Å². The fraction of sp³-hybridized carbons (Fsp3) is 0.188. The van der Waals surface area contributed by atoms with Gasteiger partial charge in [0.1, 0.15) is 5.75 Å². The third-order valence-electron chi connectivity index (χ3n) is 3.18. The lowest BCUT2D eigenvalue weighted by molar-refractivity contribution is -0.147. The molecule has 4 heteroatoms. The summed E-state index contributed by atoms with van der Waals surface area (Å²) < 4.78 is 5.15. The summed E-state index contributed by atoms with van der Waals surface area (Å²) in [5.74, 6) is -1.26. The van der Waals surface area contributed by atoms with E-state index in [1.165, 1.54) is 0 Å². The minimum absolute atomic E-state index is 0.626. The summed E-state index contributed by atoms with van der Waals surface area (Å²) in [6.45, 7) is 0. The zero-order chi connectivity index (χ0) is 14.5. The van der Waals surface area contributed by atoms with E-state index < -0.39 is 18.0 Å². The Morgan fingerprint density at radius 2 is 1.70 bits per heavy atom. The molecule has 0 fully saturated rings. The summed E-state index contributed by atoms with van der Waals surface area (Å²) in [4.78, 5) is 11.2. The van der Waals surface area contributed by atoms with Gasteiger partial charge in [0.2, 0.25) is 0 Å². The van der Waals surface area contributed by atoms with Crippen LogP contribution in [0, 0.1) is 0 Å². The van der Waals surface area contributed by atoms with Gasteiger partial charge >= 0.3 is 5.97 Å². The van der Waals surface area contributed by atoms with E-state index >= 15 is 0 Å². The van der Waals surface area contributed by atoms with Gasteiger partial charge in [-0.2, -0.15) is 0 Å². The van der Waals surface area contributed by atoms with Crippen LogP contribution < -0.4 is 4.74 Å². The molecule has 0 bridgehead atoms. The lowest BCUT2D eigenvalue weighted by Crippen LogP contribution is -2.28. The summed E-state index contributed by atoms with van der Waals surface area (Å²) in [5, 5.41) is 19.1. The van der Waals surface area contributed by atoms with E-state index in [4.69, 9.17) is 9.84 Å². The number of hydrogen-bond donors (Lipinski definition) is 2. The van der Waals surface area contributed by atoms with Gasteiger partial charge in [0.05, 0.1) is 7.11 Å². The van der Waals surface area contributed by atoms with Gasteiger partial charge < -0.3 is 14.9 Å². The van der Waals surface area contributed by atoms with Crippen LogP contribution in [0.1, 0.15) is 17.0 Å². The molecule has 104 valence electrons. The molecule has 0 amide bonds. The molecule has 0 aromatic heterocycles. The molecule has 0 heterocycles. The standard InChI is InChI=1S/C16H16O4/c1-20-13-9-5-8-12(10-13)14(15(17)16(18)19)11-6-3-2-4-7-11/h2-10,14-15,17H,1H3,(H,18,19)/t14-,15-/m0/s1. The van der Waals surface area contributed by atoms with Gasteiger partial charge in [0.15, 0.2) is 6.10 Å². The highest BCUT2D eigenvalue weighted by Crippen LogP contribution is 2.30. The number of carbonyl (C=O) groups is 1. The molecular weight excluding hydrogens is 256 g/mol. The highest BCUT2D eigenvalue weighted by Gasteiger charge is 2.28. The average molecular weight is 272 g/mol. The van der Waals surface area contributed by atoms with Crippen LogP contribution in [-0.4, -0.2) is 29.4 Å². The highest BCUT2D eigenvalue weighted by molar-refractivity contribution is 5.74. The maximum absolute atomic E-state index is 11.2. The summed E-state index contributed by atoms with van der Waals surface area (Å²) in [7, 11) is 1.55. The lowest BCUT2D eigenvalue weighted by Gasteiger charge is -2.21. The number of carboxylic acids is 1. The molecule has 0 saturated heterocycles. The van der Waals surface area contributed by atoms with E-state index in [2.05, 4.69) is 0 Å². The van der Waals surface area contributed by atoms with Crippen LogP contribution >= 0.6 is 0 Å². The third kappa shape index (κ3) is 2.97. The first-order chi connectivity index (χ1) is 9.63. The molecular formula is C16H16O4. The number of aliphatic hydroxyl groups is 1. The topological polar surface area (TPSA) is 66.8 Å². The molecule has 20 heavy (non-hydrogen) atoms. The molecule has 2 rings (SSSR count). The fourth-order valence-corrected chi connectivity index (χ4v) is 2.19. The Bertz CT molecular complexity index is 580. The van der Waals surface area contributed by atoms with Crippen LogP contribution in [0.5, 0.6) is 5.75 Å². The zero-order valence-corrected chi connectivity index (χ0v) is 11.1. The molecule has 2 atom stereocenters. The van der Waals surface area contributed by atoms with Gasteiger partial charge in [-0.05, 0) is 23.3 Å². The highest BCUT2D eigenvalue weighted by atomic mass is 16.5. The largest absolute Gasteiger partial charge is 0.497 e. The maximum atomic E-state index is 11.2. The quantitative estimate of drug-likeness (QED) is 0.876. The predicted octanol–water partition coefficient (Wildman–Crippen LogP) is 2.27. The number of aliphatic carboxylic acids is 1. The van der Waals surface area contributed by atoms with Crippen molar-refractivity contribution in [1.82, 2.24) is 0 Å². The summed E-state index contributed by atoms with van der Waals surface area (Å²) >= 11 is 0. The summed E-state index contributed by atoms with van der Waals surface area (Å²) in [6.07, 6.45) is -1.51. The molecule has 0 saturated carbocycles. The first-order valence-electron chi connectivity index (χ1n) is 6.23. The van der Waals surface area contributed by atoms with Crippen LogP contribution in [-0.2, 0) is 4.79 Å². The second-order valence-electron chi connectivity index (χ2n) is 4.45. The van der Waals surface area contributed by atoms with Crippen molar-refractivity contribution in [2.24, 2.45) is 0 Å². The lowest BCUT2D eigenvalue weighted by atomic mass is 9.86. The Kier molecular flexibility index (Phi) is 4.38. The fourth-order valence-electron chi connectivity index (χ4n) is 2.19. The number of carboxylic acid groups (broad SMARTS) is 1. The van der Waals surface area contributed by atoms with E-state index in [1.54, 1.807) is 43.5 Å². The first-order valence-corrected chi connectivity index (χ1v) is 6.23. The number of ether oxygens (including phenoxy) is 1. The maximum Gasteiger partial charge on any atom is 0.333 e. The molecule has 0 aliphatic carbocycles. The van der Waals surface area contributed by atoms with Gasteiger partial charge in [0.25, 0.3) is 0 Å². The molecule has 2 aromatic carbocycles. The van der Waals surface area contributed by atoms with E-state index in [0.29, 0.717) is 11.3 Å². The Morgan fingerprint density at radius 1 is 1.05 bits per heavy atom. The third-order valence-corrected chi connectivity index (χ3v) is 3.18. The second-order valence-corrected chi connectivity index (χ2v) is 4.45. The first kappa shape index (κ1) is 14.1. The molecule has 0 spiro atoms. The minimum atomic E-state index is -1.51. The molecule has 0 unspecified atom stereocenters. The molecule has 0 radical (unpaired) electrons. The second kappa shape index (κ2) is 6.21. The van der Waals surface area contributed by atoms with Crippen LogP contribution in [0.25, 0.3) is 0 Å². The smallest absolute Gasteiger partial charge is 0.333 e. The molecule has 2 aromatic rings. The number of hydrogen-bond acceptors (Lipinski definition) is 3. The molecule has 2 N–H and O–H groups in total. The minimum Gasteiger partial charge on any atom is -0.497 e. The average Bonchev–Trinajstić information content (AvgIpc) is 2.48. The molecule has 0 aliphatic rings. The van der Waals surface area contributed by atoms with Crippen LogP contribution in [0.15, 0.2) is 54.6 Å². The van der Waals surface area contributed by atoms with Crippen molar-refractivity contribution >= 4 is 5.97 Å². The normalized spacial score (nSPS) is 13.5. The van der Waals surface area contributed by atoms with Crippen molar-refractivity contribution in [3.63, 3.8) is 0 Å². The van der Waals surface area contributed by atoms with Crippen LogP contribution in [0.3, 0.4) is 0 Å². The van der Waals surface area contributed by atoms with Crippen LogP contribution in [0.2, 0.25) is 0 Å². The van der Waals surface area contributed by atoms with E-state index in [0.717, 1.165) is 5.56 Å². The van der Waals surface area contributed by atoms with Crippen molar-refractivity contribution in [1.29, 1.82) is 0 Å². The van der Waals surface area contributed by atoms with Crippen molar-refractivity contribution in [2.75, 3.05) is 7.11 Å². The Labute approximate surface area is 117 Å². The summed E-state index contributed by atoms with van der Waals surface area (Å²) in [5.41, 5.74) is 1.45. The van der Waals surface area contributed by atoms with Gasteiger partial charge in [-0.1, -0.05) is 42.5 Å². The molecule has 4 nitrogen and oxygen atoms in total. The SMILES string of the molecule is COc1cccc([C@H](c2ccccc2)[C@H](O)C(=O)O)c1. The van der Waals surface area contributed by atoms with Crippen molar-refractivity contribution in [3.8, 4) is 5.75 Å². The molecule has 0 aliphatic heterocycles. The number of benzene rings is 2. The van der Waals surface area contributed by atoms with E-state index in [1.807, 2.05) is 18.2 Å². The predicted molar refractivity (Wildman–Crippen MR) is 74.9 cm³/mol.